The van der Waals surface area contributed by atoms with E-state index in [4.69, 9.17) is 9.47 Å². The molecule has 0 bridgehead atoms. The van der Waals surface area contributed by atoms with Crippen LogP contribution in [0.25, 0.3) is 0 Å². The maximum atomic E-state index is 12.9. The lowest BCUT2D eigenvalue weighted by Gasteiger charge is -2.28. The van der Waals surface area contributed by atoms with Crippen LogP contribution in [0.1, 0.15) is 48.7 Å². The highest BCUT2D eigenvalue weighted by atomic mass is 16.5. The summed E-state index contributed by atoms with van der Waals surface area (Å²) >= 11 is 0. The molecule has 0 aliphatic carbocycles. The molecular formula is C25H35N3O3. The van der Waals surface area contributed by atoms with Crippen molar-refractivity contribution in [2.75, 3.05) is 51.8 Å². The number of carbonyl (C=O) groups excluding carboxylic acids is 1. The summed E-state index contributed by atoms with van der Waals surface area (Å²) in [6.07, 6.45) is 2.41. The Balaban J connectivity index is 1.73. The van der Waals surface area contributed by atoms with Crippen LogP contribution in [0.3, 0.4) is 0 Å². The maximum Gasteiger partial charge on any atom is 0.251 e. The van der Waals surface area contributed by atoms with Crippen molar-refractivity contribution in [3.63, 3.8) is 0 Å². The highest BCUT2D eigenvalue weighted by Gasteiger charge is 2.24. The zero-order valence-electron chi connectivity index (χ0n) is 19.2. The Kier molecular flexibility index (Phi) is 8.18. The Labute approximate surface area is 186 Å². The van der Waals surface area contributed by atoms with Gasteiger partial charge in [-0.25, -0.2) is 0 Å². The van der Waals surface area contributed by atoms with E-state index in [2.05, 4.69) is 39.4 Å². The third-order valence-electron chi connectivity index (χ3n) is 5.64. The molecule has 168 valence electrons. The van der Waals surface area contributed by atoms with Crippen molar-refractivity contribution in [2.45, 2.75) is 32.7 Å². The van der Waals surface area contributed by atoms with Crippen LogP contribution in [0.4, 0.5) is 5.69 Å². The Morgan fingerprint density at radius 3 is 2.26 bits per heavy atom. The van der Waals surface area contributed by atoms with Gasteiger partial charge in [-0.2, -0.15) is 0 Å². The van der Waals surface area contributed by atoms with Crippen LogP contribution in [0.5, 0.6) is 11.5 Å². The minimum atomic E-state index is -0.0990. The fourth-order valence-corrected chi connectivity index (χ4v) is 3.99. The molecule has 1 atom stereocenters. The number of ether oxygens (including phenoxy) is 2. The number of amides is 1. The lowest BCUT2D eigenvalue weighted by molar-refractivity contribution is 0.0937. The van der Waals surface area contributed by atoms with E-state index in [1.165, 1.54) is 24.1 Å². The van der Waals surface area contributed by atoms with Crippen LogP contribution in [-0.2, 0) is 0 Å². The summed E-state index contributed by atoms with van der Waals surface area (Å²) in [6, 6.07) is 14.2. The SMILES string of the molecule is CCOc1ccc(C(=O)NCC(c2ccc(N(C)C)cc2)N2CCCC2)cc1OCC. The Morgan fingerprint density at radius 2 is 1.65 bits per heavy atom. The number of nitrogens with zero attached hydrogens (tertiary/aromatic N) is 2. The minimum Gasteiger partial charge on any atom is -0.490 e. The summed E-state index contributed by atoms with van der Waals surface area (Å²) in [4.78, 5) is 17.5. The van der Waals surface area contributed by atoms with Crippen LogP contribution in [0.2, 0.25) is 0 Å². The average molecular weight is 426 g/mol. The molecule has 0 radical (unpaired) electrons. The van der Waals surface area contributed by atoms with Crippen LogP contribution >= 0.6 is 0 Å². The van der Waals surface area contributed by atoms with Gasteiger partial charge in [-0.1, -0.05) is 12.1 Å². The molecule has 6 nitrogen and oxygen atoms in total. The molecule has 1 N–H and O–H groups in total. The second kappa shape index (κ2) is 11.0. The molecule has 1 heterocycles. The summed E-state index contributed by atoms with van der Waals surface area (Å²) in [6.45, 7) is 7.61. The van der Waals surface area contributed by atoms with E-state index in [1.807, 2.05) is 27.9 Å². The van der Waals surface area contributed by atoms with E-state index in [9.17, 15) is 4.79 Å². The molecule has 1 amide bonds. The van der Waals surface area contributed by atoms with Crippen molar-refractivity contribution in [3.8, 4) is 11.5 Å². The molecule has 2 aromatic rings. The van der Waals surface area contributed by atoms with Gasteiger partial charge in [0.25, 0.3) is 5.91 Å². The van der Waals surface area contributed by atoms with E-state index >= 15 is 0 Å². The number of likely N-dealkylation sites (tertiary alicyclic amines) is 1. The molecule has 0 spiro atoms. The van der Waals surface area contributed by atoms with Gasteiger partial charge in [0.05, 0.1) is 19.3 Å². The fraction of sp³-hybridized carbons (Fsp3) is 0.480. The fourth-order valence-electron chi connectivity index (χ4n) is 3.99. The van der Waals surface area contributed by atoms with Gasteiger partial charge >= 0.3 is 0 Å². The van der Waals surface area contributed by atoms with Gasteiger partial charge in [-0.05, 0) is 75.7 Å². The lowest BCUT2D eigenvalue weighted by atomic mass is 10.0. The predicted octanol–water partition coefficient (Wildman–Crippen LogP) is 4.12. The zero-order valence-corrected chi connectivity index (χ0v) is 19.2. The van der Waals surface area contributed by atoms with Crippen LogP contribution in [0.15, 0.2) is 42.5 Å². The first-order chi connectivity index (χ1) is 15.0. The number of hydrogen-bond donors (Lipinski definition) is 1. The highest BCUT2D eigenvalue weighted by Crippen LogP contribution is 2.29. The maximum absolute atomic E-state index is 12.9. The van der Waals surface area contributed by atoms with Gasteiger partial charge < -0.3 is 19.7 Å². The van der Waals surface area contributed by atoms with Crippen molar-refractivity contribution >= 4 is 11.6 Å². The summed E-state index contributed by atoms with van der Waals surface area (Å²) < 4.78 is 11.3. The monoisotopic (exact) mass is 425 g/mol. The molecule has 1 fully saturated rings. The van der Waals surface area contributed by atoms with Gasteiger partial charge in [0.1, 0.15) is 0 Å². The summed E-state index contributed by atoms with van der Waals surface area (Å²) in [5.74, 6) is 1.17. The van der Waals surface area contributed by atoms with Crippen molar-refractivity contribution in [1.82, 2.24) is 10.2 Å². The third-order valence-corrected chi connectivity index (χ3v) is 5.64. The van der Waals surface area contributed by atoms with Gasteiger partial charge in [0, 0.05) is 31.9 Å². The number of benzene rings is 2. The minimum absolute atomic E-state index is 0.0990. The van der Waals surface area contributed by atoms with Crippen LogP contribution < -0.4 is 19.7 Å². The van der Waals surface area contributed by atoms with E-state index < -0.39 is 0 Å². The molecule has 0 saturated carbocycles. The smallest absolute Gasteiger partial charge is 0.251 e. The van der Waals surface area contributed by atoms with E-state index in [0.29, 0.717) is 36.8 Å². The molecule has 31 heavy (non-hydrogen) atoms. The second-order valence-corrected chi connectivity index (χ2v) is 7.98. The van der Waals surface area contributed by atoms with Crippen molar-refractivity contribution in [3.05, 3.63) is 53.6 Å². The molecule has 1 unspecified atom stereocenters. The predicted molar refractivity (Wildman–Crippen MR) is 125 cm³/mol. The topological polar surface area (TPSA) is 54.0 Å². The number of rotatable bonds is 10. The first-order valence-electron chi connectivity index (χ1n) is 11.2. The van der Waals surface area contributed by atoms with Gasteiger partial charge in [0.15, 0.2) is 11.5 Å². The molecule has 0 aromatic heterocycles. The summed E-state index contributed by atoms with van der Waals surface area (Å²) in [7, 11) is 4.08. The highest BCUT2D eigenvalue weighted by molar-refractivity contribution is 5.94. The van der Waals surface area contributed by atoms with Crippen molar-refractivity contribution < 1.29 is 14.3 Å². The van der Waals surface area contributed by atoms with Gasteiger partial charge in [0.2, 0.25) is 0 Å². The largest absolute Gasteiger partial charge is 0.490 e. The average Bonchev–Trinajstić information content (AvgIpc) is 3.30. The van der Waals surface area contributed by atoms with E-state index in [1.54, 1.807) is 18.2 Å². The number of nitrogens with one attached hydrogen (secondary N) is 1. The zero-order chi connectivity index (χ0) is 22.2. The Hall–Kier alpha value is -2.73. The Bertz CT molecular complexity index is 846. The molecule has 2 aromatic carbocycles. The summed E-state index contributed by atoms with van der Waals surface area (Å²) in [5.41, 5.74) is 2.98. The third kappa shape index (κ3) is 5.91. The van der Waals surface area contributed by atoms with Crippen LogP contribution in [-0.4, -0.2) is 57.8 Å². The van der Waals surface area contributed by atoms with Crippen molar-refractivity contribution in [1.29, 1.82) is 0 Å². The Morgan fingerprint density at radius 1 is 1.00 bits per heavy atom. The first-order valence-corrected chi connectivity index (χ1v) is 11.2. The van der Waals surface area contributed by atoms with Crippen LogP contribution in [0, 0.1) is 0 Å². The second-order valence-electron chi connectivity index (χ2n) is 7.98. The molecule has 1 aliphatic rings. The molecular weight excluding hydrogens is 390 g/mol. The quantitative estimate of drug-likeness (QED) is 0.621. The van der Waals surface area contributed by atoms with E-state index in [-0.39, 0.29) is 11.9 Å². The lowest BCUT2D eigenvalue weighted by Crippen LogP contribution is -2.36. The number of anilines is 1. The standard InChI is InChI=1S/C25H35N3O3/c1-5-30-23-14-11-20(17-24(23)31-6-2)25(29)26-18-22(28-15-7-8-16-28)19-9-12-21(13-10-19)27(3)4/h9-14,17,22H,5-8,15-16,18H2,1-4H3,(H,26,29). The first kappa shape index (κ1) is 22.9. The molecule has 6 heteroatoms. The van der Waals surface area contributed by atoms with Gasteiger partial charge in [-0.3, -0.25) is 9.69 Å². The normalized spacial score (nSPS) is 14.8. The molecule has 3 rings (SSSR count). The van der Waals surface area contributed by atoms with E-state index in [0.717, 1.165) is 13.1 Å². The number of hydrogen-bond acceptors (Lipinski definition) is 5. The summed E-state index contributed by atoms with van der Waals surface area (Å²) in [5, 5.41) is 3.15. The molecule has 1 aliphatic heterocycles. The van der Waals surface area contributed by atoms with Gasteiger partial charge in [-0.15, -0.1) is 0 Å². The van der Waals surface area contributed by atoms with Crippen molar-refractivity contribution in [2.24, 2.45) is 0 Å². The molecule has 1 saturated heterocycles. The number of carbonyl (C=O) groups is 1.